The van der Waals surface area contributed by atoms with Crippen LogP contribution in [0.3, 0.4) is 0 Å². The highest BCUT2D eigenvalue weighted by atomic mass is 28.3. The van der Waals surface area contributed by atoms with Gasteiger partial charge < -0.3 is 0 Å². The van der Waals surface area contributed by atoms with Crippen LogP contribution in [0.2, 0.25) is 36.3 Å². The molecule has 1 saturated carbocycles. The number of rotatable bonds is 10. The van der Waals surface area contributed by atoms with Crippen molar-refractivity contribution < 1.29 is 4.79 Å². The molecule has 0 saturated heterocycles. The smallest absolute Gasteiger partial charge is 0.169 e. The maximum absolute atomic E-state index is 14.9. The zero-order valence-corrected chi connectivity index (χ0v) is 26.8. The van der Waals surface area contributed by atoms with Crippen LogP contribution < -0.4 is 0 Å². The summed E-state index contributed by atoms with van der Waals surface area (Å²) in [4.78, 5) is 14.9. The molecule has 202 valence electrons. The molecule has 0 N–H and O–H groups in total. The molecule has 0 spiro atoms. The van der Waals surface area contributed by atoms with Gasteiger partial charge in [0.1, 0.15) is 16.1 Å². The Morgan fingerprint density at radius 1 is 0.579 bits per heavy atom. The highest BCUT2D eigenvalue weighted by Gasteiger charge is 2.55. The molecular formula is C35H48OSi2. The lowest BCUT2D eigenvalue weighted by molar-refractivity contribution is -0.129. The zero-order valence-electron chi connectivity index (χ0n) is 24.8. The second-order valence-corrected chi connectivity index (χ2v) is 21.4. The summed E-state index contributed by atoms with van der Waals surface area (Å²) >= 11 is 0. The van der Waals surface area contributed by atoms with Crippen LogP contribution >= 0.6 is 0 Å². The first kappa shape index (κ1) is 30.2. The first-order valence-electron chi connectivity index (χ1n) is 15.0. The van der Waals surface area contributed by atoms with Crippen LogP contribution in [0, 0.1) is 33.8 Å². The molecule has 0 heterocycles. The lowest BCUT2D eigenvalue weighted by Crippen LogP contribution is -2.39. The van der Waals surface area contributed by atoms with Crippen LogP contribution in [0.5, 0.6) is 0 Å². The highest BCUT2D eigenvalue weighted by molar-refractivity contribution is 6.87. The molecule has 1 aliphatic rings. The van der Waals surface area contributed by atoms with Crippen molar-refractivity contribution >= 4 is 21.9 Å². The lowest BCUT2D eigenvalue weighted by Gasteiger charge is -2.29. The first-order valence-corrected chi connectivity index (χ1v) is 20.3. The van der Waals surface area contributed by atoms with Crippen molar-refractivity contribution in [1.29, 1.82) is 0 Å². The van der Waals surface area contributed by atoms with E-state index in [2.05, 4.69) is 125 Å². The van der Waals surface area contributed by atoms with Gasteiger partial charge >= 0.3 is 0 Å². The van der Waals surface area contributed by atoms with Gasteiger partial charge in [0.15, 0.2) is 5.78 Å². The van der Waals surface area contributed by atoms with E-state index in [4.69, 9.17) is 0 Å². The summed E-state index contributed by atoms with van der Waals surface area (Å²) in [6.07, 6.45) is 2.99. The number of benzene rings is 2. The molecule has 1 nitrogen and oxygen atoms in total. The Bertz CT molecular complexity index is 1060. The van der Waals surface area contributed by atoms with Crippen molar-refractivity contribution in [2.45, 2.75) is 103 Å². The van der Waals surface area contributed by atoms with Gasteiger partial charge in [0, 0.05) is 0 Å². The van der Waals surface area contributed by atoms with Crippen molar-refractivity contribution in [1.82, 2.24) is 0 Å². The largest absolute Gasteiger partial charge is 0.296 e. The van der Waals surface area contributed by atoms with Crippen LogP contribution in [0.1, 0.15) is 65.5 Å². The molecule has 0 radical (unpaired) electrons. The van der Waals surface area contributed by atoms with Crippen LogP contribution in [0.25, 0.3) is 0 Å². The van der Waals surface area contributed by atoms with E-state index in [1.165, 1.54) is 11.1 Å². The average Bonchev–Trinajstić information content (AvgIpc) is 3.23. The predicted octanol–water partition coefficient (Wildman–Crippen LogP) is 8.91. The molecule has 3 rings (SSSR count). The van der Waals surface area contributed by atoms with Crippen molar-refractivity contribution in [3.8, 4) is 22.9 Å². The average molecular weight is 541 g/mol. The van der Waals surface area contributed by atoms with Crippen molar-refractivity contribution in [2.24, 2.45) is 10.8 Å². The Hall–Kier alpha value is -2.34. The number of ketones is 1. The summed E-state index contributed by atoms with van der Waals surface area (Å²) in [5, 5.41) is 0. The quantitative estimate of drug-likeness (QED) is 0.217. The molecule has 2 aromatic rings. The fourth-order valence-electron chi connectivity index (χ4n) is 6.20. The Morgan fingerprint density at radius 2 is 0.895 bits per heavy atom. The maximum atomic E-state index is 14.9. The fraction of sp³-hybridized carbons (Fsp3) is 0.514. The summed E-state index contributed by atoms with van der Waals surface area (Å²) in [7, 11) is -3.42. The van der Waals surface area contributed by atoms with Crippen LogP contribution in [-0.4, -0.2) is 21.9 Å². The summed E-state index contributed by atoms with van der Waals surface area (Å²) in [6, 6.07) is 28.0. The fourth-order valence-corrected chi connectivity index (χ4v) is 11.3. The van der Waals surface area contributed by atoms with Gasteiger partial charge in [-0.2, -0.15) is 0 Å². The topological polar surface area (TPSA) is 17.1 Å². The lowest BCUT2D eigenvalue weighted by atomic mass is 9.73. The molecule has 3 heteroatoms. The van der Waals surface area contributed by atoms with Crippen LogP contribution in [0.4, 0.5) is 0 Å². The minimum atomic E-state index is -1.71. The van der Waals surface area contributed by atoms with Gasteiger partial charge in [-0.15, -0.1) is 11.1 Å². The molecule has 2 atom stereocenters. The van der Waals surface area contributed by atoms with Gasteiger partial charge in [-0.3, -0.25) is 4.79 Å². The maximum Gasteiger partial charge on any atom is 0.169 e. The number of carbonyl (C=O) groups excluding carboxylic acids is 1. The number of Topliss-reactive ketones (excluding diaryl/α,β-unsaturated/α-hetero) is 1. The third kappa shape index (κ3) is 6.44. The van der Waals surface area contributed by atoms with E-state index < -0.39 is 27.0 Å². The Kier molecular flexibility index (Phi) is 10.5. The van der Waals surface area contributed by atoms with E-state index in [0.717, 1.165) is 49.1 Å². The minimum absolute atomic E-state index is 0.287. The third-order valence-corrected chi connectivity index (χ3v) is 19.2. The van der Waals surface area contributed by atoms with Gasteiger partial charge in [0.05, 0.1) is 10.8 Å². The molecule has 2 aromatic carbocycles. The van der Waals surface area contributed by atoms with Gasteiger partial charge in [-0.25, -0.2) is 0 Å². The van der Waals surface area contributed by atoms with Crippen molar-refractivity contribution in [2.75, 3.05) is 0 Å². The second-order valence-electron chi connectivity index (χ2n) is 11.5. The summed E-state index contributed by atoms with van der Waals surface area (Å²) in [5.41, 5.74) is 8.80. The molecule has 1 aliphatic carbocycles. The summed E-state index contributed by atoms with van der Waals surface area (Å²) in [5.74, 6) is 7.83. The number of carbonyl (C=O) groups is 1. The third-order valence-electron chi connectivity index (χ3n) is 9.74. The van der Waals surface area contributed by atoms with Gasteiger partial charge in [0.2, 0.25) is 0 Å². The normalized spacial score (nSPS) is 21.4. The molecule has 0 amide bonds. The van der Waals surface area contributed by atoms with Gasteiger partial charge in [-0.05, 0) is 73.1 Å². The van der Waals surface area contributed by atoms with E-state index in [-0.39, 0.29) is 5.78 Å². The summed E-state index contributed by atoms with van der Waals surface area (Å²) < 4.78 is 0. The zero-order chi connectivity index (χ0) is 27.7. The molecule has 0 aliphatic heterocycles. The molecule has 0 unspecified atom stereocenters. The highest BCUT2D eigenvalue weighted by Crippen LogP contribution is 2.50. The van der Waals surface area contributed by atoms with E-state index >= 15 is 0 Å². The molecule has 0 aromatic heterocycles. The van der Waals surface area contributed by atoms with E-state index in [1.54, 1.807) is 0 Å². The number of hydrogen-bond acceptors (Lipinski definition) is 1. The SMILES string of the molecule is CC[Si](C#C[C@@]1(Cc2ccccc2)CC[C@@](C#C[Si](CC)(CC)CC)(Cc2ccccc2)C1=O)(CC)CC. The molecule has 1 fully saturated rings. The van der Waals surface area contributed by atoms with E-state index in [0.29, 0.717) is 12.8 Å². The number of hydrogen-bond donors (Lipinski definition) is 0. The Balaban J connectivity index is 2.19. The minimum Gasteiger partial charge on any atom is -0.296 e. The van der Waals surface area contributed by atoms with Gasteiger partial charge in [-0.1, -0.05) is 114 Å². The Labute approximate surface area is 235 Å². The predicted molar refractivity (Wildman–Crippen MR) is 169 cm³/mol. The second kappa shape index (κ2) is 13.1. The van der Waals surface area contributed by atoms with Crippen molar-refractivity contribution in [3.05, 3.63) is 71.8 Å². The van der Waals surface area contributed by atoms with Crippen molar-refractivity contribution in [3.63, 3.8) is 0 Å². The molecule has 0 bridgehead atoms. The van der Waals surface area contributed by atoms with Crippen LogP contribution in [-0.2, 0) is 17.6 Å². The monoisotopic (exact) mass is 540 g/mol. The first-order chi connectivity index (χ1) is 18.3. The van der Waals surface area contributed by atoms with Gasteiger partial charge in [0.25, 0.3) is 0 Å². The molecular weight excluding hydrogens is 493 g/mol. The standard InChI is InChI=1S/C35H48OSi2/c1-7-37(8-2,9-3)27-25-34(29-31-19-15-13-16-20-31)23-24-35(33(34)36,30-32-21-17-14-18-22-32)26-28-38(10-4,11-5)12-6/h13-22H,7-12,23-24,29-30H2,1-6H3/t34-,35-/m1/s1. The summed E-state index contributed by atoms with van der Waals surface area (Å²) in [6.45, 7) is 13.8. The Morgan fingerprint density at radius 3 is 1.18 bits per heavy atom. The van der Waals surface area contributed by atoms with E-state index in [9.17, 15) is 4.79 Å². The van der Waals surface area contributed by atoms with Crippen LogP contribution in [0.15, 0.2) is 60.7 Å². The van der Waals surface area contributed by atoms with E-state index in [1.807, 2.05) is 0 Å². The molecule has 38 heavy (non-hydrogen) atoms.